The third-order valence-electron chi connectivity index (χ3n) is 6.59. The molecular weight excluding hydrogens is 518 g/mol. The van der Waals surface area contributed by atoms with E-state index in [0.717, 1.165) is 44.2 Å². The molecule has 0 amide bonds. The fraction of sp³-hybridized carbons (Fsp3) is 0.560. The molecule has 0 bridgehead atoms. The maximum Gasteiger partial charge on any atom is 0.459 e. The predicted molar refractivity (Wildman–Crippen MR) is 137 cm³/mol. The minimum atomic E-state index is -4.15. The predicted octanol–water partition coefficient (Wildman–Crippen LogP) is 3.95. The first-order valence-corrected chi connectivity index (χ1v) is 14.3. The summed E-state index contributed by atoms with van der Waals surface area (Å²) in [6, 6.07) is 5.43. The lowest BCUT2D eigenvalue weighted by molar-refractivity contribution is -0.152. The summed E-state index contributed by atoms with van der Waals surface area (Å²) in [6.45, 7) is 3.26. The van der Waals surface area contributed by atoms with E-state index in [-0.39, 0.29) is 30.2 Å². The fourth-order valence-corrected chi connectivity index (χ4v) is 6.15. The van der Waals surface area contributed by atoms with E-state index in [1.807, 2.05) is 6.92 Å². The van der Waals surface area contributed by atoms with Crippen LogP contribution < -0.4 is 21.0 Å². The SMILES string of the molecule is CC1C[C@@H](COP(=O)(N[C@@H](C)C(=O)OC2CCCCC2)Oc2ccc(F)cc2)O[C@H]1n1ccc(N)nc1=O. The molecule has 208 valence electrons. The van der Waals surface area contributed by atoms with Gasteiger partial charge in [-0.15, -0.1) is 0 Å². The number of benzene rings is 1. The van der Waals surface area contributed by atoms with E-state index in [1.54, 1.807) is 0 Å². The maximum absolute atomic E-state index is 13.8. The highest BCUT2D eigenvalue weighted by Gasteiger charge is 2.38. The summed E-state index contributed by atoms with van der Waals surface area (Å²) in [5.41, 5.74) is 5.04. The Bertz CT molecular complexity index is 1200. The molecule has 1 aromatic carbocycles. The van der Waals surface area contributed by atoms with Crippen LogP contribution in [0.15, 0.2) is 41.3 Å². The van der Waals surface area contributed by atoms with Crippen LogP contribution in [0.4, 0.5) is 10.2 Å². The van der Waals surface area contributed by atoms with Crippen LogP contribution in [0.2, 0.25) is 0 Å². The molecule has 1 aromatic heterocycles. The van der Waals surface area contributed by atoms with Gasteiger partial charge in [0.15, 0.2) is 0 Å². The van der Waals surface area contributed by atoms with E-state index in [4.69, 9.17) is 24.3 Å². The maximum atomic E-state index is 13.8. The first-order chi connectivity index (χ1) is 18.1. The Morgan fingerprint density at radius 3 is 2.66 bits per heavy atom. The molecule has 4 rings (SSSR count). The number of hydrogen-bond acceptors (Lipinski definition) is 9. The smallest absolute Gasteiger partial charge is 0.459 e. The van der Waals surface area contributed by atoms with Crippen LogP contribution in [-0.2, 0) is 23.4 Å². The topological polar surface area (TPSA) is 144 Å². The van der Waals surface area contributed by atoms with Gasteiger partial charge in [-0.25, -0.2) is 13.8 Å². The molecule has 2 aliphatic rings. The zero-order chi connectivity index (χ0) is 27.3. The Morgan fingerprint density at radius 1 is 1.26 bits per heavy atom. The van der Waals surface area contributed by atoms with Crippen molar-refractivity contribution in [2.75, 3.05) is 12.3 Å². The molecule has 11 nitrogen and oxygen atoms in total. The largest absolute Gasteiger partial charge is 0.461 e. The molecule has 13 heteroatoms. The molecular formula is C25H34FN4O7P. The number of nitrogens with zero attached hydrogens (tertiary/aromatic N) is 2. The normalized spacial score (nSPS) is 24.4. The number of carbonyl (C=O) groups is 1. The van der Waals surface area contributed by atoms with Crippen LogP contribution in [0.5, 0.6) is 5.75 Å². The molecule has 2 heterocycles. The van der Waals surface area contributed by atoms with Crippen LogP contribution >= 0.6 is 7.75 Å². The molecule has 0 radical (unpaired) electrons. The number of aromatic nitrogens is 2. The lowest BCUT2D eigenvalue weighted by Crippen LogP contribution is -2.38. The quantitative estimate of drug-likeness (QED) is 0.328. The molecule has 0 spiro atoms. The van der Waals surface area contributed by atoms with E-state index in [9.17, 15) is 18.5 Å². The molecule has 1 aliphatic heterocycles. The summed E-state index contributed by atoms with van der Waals surface area (Å²) in [5, 5.41) is 2.65. The first-order valence-electron chi connectivity index (χ1n) is 12.8. The van der Waals surface area contributed by atoms with Crippen molar-refractivity contribution in [2.24, 2.45) is 5.92 Å². The van der Waals surface area contributed by atoms with E-state index < -0.39 is 43.6 Å². The van der Waals surface area contributed by atoms with Crippen molar-refractivity contribution >= 4 is 19.5 Å². The third kappa shape index (κ3) is 7.41. The number of nitrogens with two attached hydrogens (primary N) is 1. The zero-order valence-electron chi connectivity index (χ0n) is 21.5. The Labute approximate surface area is 220 Å². The molecule has 1 aliphatic carbocycles. The molecule has 5 atom stereocenters. The molecule has 3 N–H and O–H groups in total. The first kappa shape index (κ1) is 28.2. The van der Waals surface area contributed by atoms with Crippen LogP contribution in [0.25, 0.3) is 0 Å². The number of carbonyl (C=O) groups excluding carboxylic acids is 1. The van der Waals surface area contributed by atoms with Gasteiger partial charge in [0.1, 0.15) is 35.8 Å². The Balaban J connectivity index is 1.43. The van der Waals surface area contributed by atoms with E-state index in [0.29, 0.717) is 6.42 Å². The highest BCUT2D eigenvalue weighted by Crippen LogP contribution is 2.46. The molecule has 2 aromatic rings. The van der Waals surface area contributed by atoms with Crippen molar-refractivity contribution in [1.82, 2.24) is 14.6 Å². The number of halogens is 1. The molecule has 2 unspecified atom stereocenters. The van der Waals surface area contributed by atoms with Crippen molar-refractivity contribution in [3.05, 3.63) is 52.8 Å². The highest BCUT2D eigenvalue weighted by molar-refractivity contribution is 7.52. The van der Waals surface area contributed by atoms with E-state index >= 15 is 0 Å². The number of nitrogen functional groups attached to an aromatic ring is 1. The highest BCUT2D eigenvalue weighted by atomic mass is 31.2. The van der Waals surface area contributed by atoms with Crippen molar-refractivity contribution in [3.8, 4) is 5.75 Å². The molecule has 2 fully saturated rings. The number of anilines is 1. The van der Waals surface area contributed by atoms with E-state index in [2.05, 4.69) is 10.1 Å². The van der Waals surface area contributed by atoms with Gasteiger partial charge in [-0.05, 0) is 69.4 Å². The summed E-state index contributed by atoms with van der Waals surface area (Å²) in [5.74, 6) is -0.936. The lowest BCUT2D eigenvalue weighted by atomic mass is 9.98. The van der Waals surface area contributed by atoms with Gasteiger partial charge >= 0.3 is 19.4 Å². The second-order valence-electron chi connectivity index (χ2n) is 9.79. The van der Waals surface area contributed by atoms with E-state index in [1.165, 1.54) is 35.9 Å². The van der Waals surface area contributed by atoms with Gasteiger partial charge in [-0.3, -0.25) is 13.9 Å². The average molecular weight is 553 g/mol. The standard InChI is InChI=1S/C25H34FN4O7P/c1-16-14-21(35-23(16)30-13-12-22(27)28-25(30)32)15-34-38(33,37-20-10-8-18(26)9-11-20)29-17(2)24(31)36-19-6-4-3-5-7-19/h8-13,16-17,19,21,23H,3-7,14-15H2,1-2H3,(H,29,33)(H2,27,28,32)/t16?,17-,21-,23+,38?/m0/s1. The van der Waals surface area contributed by atoms with Crippen molar-refractivity contribution < 1.29 is 32.3 Å². The summed E-state index contributed by atoms with van der Waals surface area (Å²) < 4.78 is 51.4. The van der Waals surface area contributed by atoms with Crippen molar-refractivity contribution in [1.29, 1.82) is 0 Å². The van der Waals surface area contributed by atoms with Gasteiger partial charge < -0.3 is 19.7 Å². The minimum Gasteiger partial charge on any atom is -0.461 e. The van der Waals surface area contributed by atoms with Gasteiger partial charge in [0, 0.05) is 12.1 Å². The number of esters is 1. The van der Waals surface area contributed by atoms with Crippen LogP contribution in [0.1, 0.15) is 58.6 Å². The monoisotopic (exact) mass is 552 g/mol. The summed E-state index contributed by atoms with van der Waals surface area (Å²) >= 11 is 0. The number of nitrogens with one attached hydrogen (secondary N) is 1. The molecule has 1 saturated carbocycles. The van der Waals surface area contributed by atoms with Crippen LogP contribution in [0.3, 0.4) is 0 Å². The minimum absolute atomic E-state index is 0.0820. The van der Waals surface area contributed by atoms with Crippen molar-refractivity contribution in [3.63, 3.8) is 0 Å². The van der Waals surface area contributed by atoms with Crippen LogP contribution in [-0.4, -0.2) is 40.4 Å². The second kappa shape index (κ2) is 12.4. The summed E-state index contributed by atoms with van der Waals surface area (Å²) in [7, 11) is -4.15. The number of hydrogen-bond donors (Lipinski definition) is 2. The summed E-state index contributed by atoms with van der Waals surface area (Å²) in [6.07, 6.45) is 5.39. The van der Waals surface area contributed by atoms with Gasteiger partial charge in [0.05, 0.1) is 12.7 Å². The molecule has 1 saturated heterocycles. The summed E-state index contributed by atoms with van der Waals surface area (Å²) in [4.78, 5) is 28.7. The van der Waals surface area contributed by atoms with Gasteiger partial charge in [0.2, 0.25) is 0 Å². The number of ether oxygens (including phenoxy) is 2. The lowest BCUT2D eigenvalue weighted by Gasteiger charge is -2.26. The van der Waals surface area contributed by atoms with Crippen molar-refractivity contribution in [2.45, 2.75) is 76.9 Å². The number of rotatable bonds is 10. The Hall–Kier alpha value is -2.79. The average Bonchev–Trinajstić information content (AvgIpc) is 3.25. The van der Waals surface area contributed by atoms with Gasteiger partial charge in [-0.1, -0.05) is 13.3 Å². The zero-order valence-corrected chi connectivity index (χ0v) is 22.3. The second-order valence-corrected chi connectivity index (χ2v) is 11.5. The third-order valence-corrected chi connectivity index (χ3v) is 8.23. The molecule has 38 heavy (non-hydrogen) atoms. The Morgan fingerprint density at radius 2 is 1.97 bits per heavy atom. The Kier molecular flexibility index (Phi) is 9.19. The van der Waals surface area contributed by atoms with Gasteiger partial charge in [-0.2, -0.15) is 10.1 Å². The van der Waals surface area contributed by atoms with Gasteiger partial charge in [0.25, 0.3) is 0 Å². The fourth-order valence-electron chi connectivity index (χ4n) is 4.63. The van der Waals surface area contributed by atoms with Crippen LogP contribution in [0, 0.1) is 11.7 Å².